The molecule has 3 rings (SSSR count). The lowest BCUT2D eigenvalue weighted by Gasteiger charge is -2.09. The summed E-state index contributed by atoms with van der Waals surface area (Å²) in [6.07, 6.45) is 1.57. The average molecular weight is 368 g/mol. The van der Waals surface area contributed by atoms with E-state index in [1.165, 1.54) is 12.1 Å². The molecule has 0 radical (unpaired) electrons. The molecule has 0 fully saturated rings. The van der Waals surface area contributed by atoms with E-state index in [-0.39, 0.29) is 17.2 Å². The van der Waals surface area contributed by atoms with Gasteiger partial charge in [0.15, 0.2) is 0 Å². The van der Waals surface area contributed by atoms with Crippen LogP contribution in [0.4, 0.5) is 5.69 Å². The fourth-order valence-electron chi connectivity index (χ4n) is 2.30. The highest BCUT2D eigenvalue weighted by molar-refractivity contribution is 7.94. The Kier molecular flexibility index (Phi) is 4.19. The molecule has 0 atom stereocenters. The zero-order chi connectivity index (χ0) is 16.6. The Morgan fingerprint density at radius 1 is 1.13 bits per heavy atom. The topological polar surface area (TPSA) is 63.2 Å². The van der Waals surface area contributed by atoms with Crippen molar-refractivity contribution >= 4 is 50.7 Å². The van der Waals surface area contributed by atoms with Gasteiger partial charge < -0.3 is 5.32 Å². The SMILES string of the molecule is O=C(Cc1cccc(Cl)c1Cl)Nc1ccc2c(c1)S(=O)(=O)C=C2. The van der Waals surface area contributed by atoms with Gasteiger partial charge in [-0.1, -0.05) is 41.4 Å². The van der Waals surface area contributed by atoms with Crippen LogP contribution < -0.4 is 5.32 Å². The molecule has 1 aliphatic heterocycles. The minimum atomic E-state index is -3.41. The van der Waals surface area contributed by atoms with Crippen molar-refractivity contribution < 1.29 is 13.2 Å². The number of carbonyl (C=O) groups is 1. The molecular weight excluding hydrogens is 357 g/mol. The monoisotopic (exact) mass is 367 g/mol. The molecule has 0 bridgehead atoms. The van der Waals surface area contributed by atoms with Gasteiger partial charge in [0.1, 0.15) is 0 Å². The fraction of sp³-hybridized carbons (Fsp3) is 0.0625. The van der Waals surface area contributed by atoms with Crippen LogP contribution >= 0.6 is 23.2 Å². The first-order valence-electron chi connectivity index (χ1n) is 6.67. The number of anilines is 1. The van der Waals surface area contributed by atoms with Gasteiger partial charge in [0, 0.05) is 11.1 Å². The van der Waals surface area contributed by atoms with E-state index in [1.54, 1.807) is 30.3 Å². The highest BCUT2D eigenvalue weighted by atomic mass is 35.5. The number of hydrogen-bond donors (Lipinski definition) is 1. The number of sulfone groups is 1. The molecule has 7 heteroatoms. The van der Waals surface area contributed by atoms with Crippen LogP contribution in [0.1, 0.15) is 11.1 Å². The summed E-state index contributed by atoms with van der Waals surface area (Å²) in [6.45, 7) is 0. The Hall–Kier alpha value is -1.82. The summed E-state index contributed by atoms with van der Waals surface area (Å²) >= 11 is 12.0. The number of halogens is 2. The summed E-state index contributed by atoms with van der Waals surface area (Å²) < 4.78 is 23.7. The van der Waals surface area contributed by atoms with E-state index in [4.69, 9.17) is 23.2 Å². The normalized spacial score (nSPS) is 14.5. The first-order chi connectivity index (χ1) is 10.9. The fourth-order valence-corrected chi connectivity index (χ4v) is 3.91. The second kappa shape index (κ2) is 6.00. The summed E-state index contributed by atoms with van der Waals surface area (Å²) in [5, 5.41) is 4.54. The van der Waals surface area contributed by atoms with Crippen molar-refractivity contribution in [2.24, 2.45) is 0 Å². The first kappa shape index (κ1) is 16.1. The molecule has 0 saturated carbocycles. The molecular formula is C16H11Cl2NO3S. The number of rotatable bonds is 3. The van der Waals surface area contributed by atoms with Gasteiger partial charge >= 0.3 is 0 Å². The number of benzene rings is 2. The lowest BCUT2D eigenvalue weighted by atomic mass is 10.1. The predicted molar refractivity (Wildman–Crippen MR) is 91.5 cm³/mol. The molecule has 0 unspecified atom stereocenters. The van der Waals surface area contributed by atoms with Crippen molar-refractivity contribution in [3.8, 4) is 0 Å². The van der Waals surface area contributed by atoms with Crippen molar-refractivity contribution in [2.75, 3.05) is 5.32 Å². The summed E-state index contributed by atoms with van der Waals surface area (Å²) in [4.78, 5) is 12.3. The summed E-state index contributed by atoms with van der Waals surface area (Å²) in [5.74, 6) is -0.308. The molecule has 23 heavy (non-hydrogen) atoms. The lowest BCUT2D eigenvalue weighted by Crippen LogP contribution is -2.15. The number of carbonyl (C=O) groups excluding carboxylic acids is 1. The lowest BCUT2D eigenvalue weighted by molar-refractivity contribution is -0.115. The first-order valence-corrected chi connectivity index (χ1v) is 8.97. The maximum Gasteiger partial charge on any atom is 0.228 e. The van der Waals surface area contributed by atoms with Gasteiger partial charge in [-0.05, 0) is 35.4 Å². The third-order valence-electron chi connectivity index (χ3n) is 3.41. The predicted octanol–water partition coefficient (Wildman–Crippen LogP) is 3.93. The number of nitrogens with one attached hydrogen (secondary N) is 1. The molecule has 0 aliphatic carbocycles. The van der Waals surface area contributed by atoms with Crippen LogP contribution in [0.2, 0.25) is 10.0 Å². The zero-order valence-corrected chi connectivity index (χ0v) is 14.0. The van der Waals surface area contributed by atoms with E-state index >= 15 is 0 Å². The van der Waals surface area contributed by atoms with Crippen molar-refractivity contribution in [3.63, 3.8) is 0 Å². The summed E-state index contributed by atoms with van der Waals surface area (Å²) in [5.41, 5.74) is 1.63. The van der Waals surface area contributed by atoms with Gasteiger partial charge in [0.2, 0.25) is 15.7 Å². The third-order valence-corrected chi connectivity index (χ3v) is 5.73. The van der Waals surface area contributed by atoms with E-state index in [9.17, 15) is 13.2 Å². The third kappa shape index (κ3) is 3.27. The minimum Gasteiger partial charge on any atom is -0.326 e. The Morgan fingerprint density at radius 2 is 1.91 bits per heavy atom. The van der Waals surface area contributed by atoms with Gasteiger partial charge in [-0.3, -0.25) is 4.79 Å². The standard InChI is InChI=1S/C16H11Cl2NO3S/c17-13-3-1-2-11(16(13)18)8-15(20)19-12-5-4-10-6-7-23(21,22)14(10)9-12/h1-7,9H,8H2,(H,19,20). The highest BCUT2D eigenvalue weighted by Gasteiger charge is 2.21. The van der Waals surface area contributed by atoms with E-state index in [2.05, 4.69) is 5.32 Å². The van der Waals surface area contributed by atoms with E-state index in [1.807, 2.05) is 0 Å². The molecule has 0 spiro atoms. The van der Waals surface area contributed by atoms with Crippen LogP contribution in [0.3, 0.4) is 0 Å². The zero-order valence-electron chi connectivity index (χ0n) is 11.7. The van der Waals surface area contributed by atoms with Gasteiger partial charge in [-0.15, -0.1) is 0 Å². The van der Waals surface area contributed by atoms with Crippen LogP contribution in [0.25, 0.3) is 6.08 Å². The van der Waals surface area contributed by atoms with Crippen LogP contribution in [0.15, 0.2) is 46.7 Å². The number of fused-ring (bicyclic) bond motifs is 1. The Balaban J connectivity index is 1.78. The van der Waals surface area contributed by atoms with Crippen LogP contribution in [0, 0.1) is 0 Å². The molecule has 0 aromatic heterocycles. The molecule has 1 amide bonds. The molecule has 1 aliphatic rings. The van der Waals surface area contributed by atoms with Crippen molar-refractivity contribution in [1.29, 1.82) is 0 Å². The molecule has 118 valence electrons. The smallest absolute Gasteiger partial charge is 0.228 e. The molecule has 4 nitrogen and oxygen atoms in total. The number of amides is 1. The summed E-state index contributed by atoms with van der Waals surface area (Å²) in [6, 6.07) is 9.82. The average Bonchev–Trinajstić information content (AvgIpc) is 2.79. The largest absolute Gasteiger partial charge is 0.326 e. The Bertz CT molecular complexity index is 936. The van der Waals surface area contributed by atoms with E-state index in [0.29, 0.717) is 26.9 Å². The molecule has 0 saturated heterocycles. The molecule has 2 aromatic carbocycles. The maximum atomic E-state index is 12.1. The second-order valence-electron chi connectivity index (χ2n) is 5.04. The molecule has 1 heterocycles. The van der Waals surface area contributed by atoms with Gasteiger partial charge in [0.05, 0.1) is 21.4 Å². The Morgan fingerprint density at radius 3 is 2.70 bits per heavy atom. The van der Waals surface area contributed by atoms with Crippen LogP contribution in [-0.2, 0) is 21.1 Å². The quantitative estimate of drug-likeness (QED) is 0.893. The van der Waals surface area contributed by atoms with Gasteiger partial charge in [0.25, 0.3) is 0 Å². The van der Waals surface area contributed by atoms with Gasteiger partial charge in [-0.2, -0.15) is 0 Å². The highest BCUT2D eigenvalue weighted by Crippen LogP contribution is 2.30. The maximum absolute atomic E-state index is 12.1. The van der Waals surface area contributed by atoms with Crippen molar-refractivity contribution in [2.45, 2.75) is 11.3 Å². The van der Waals surface area contributed by atoms with E-state index < -0.39 is 9.84 Å². The van der Waals surface area contributed by atoms with Crippen LogP contribution in [-0.4, -0.2) is 14.3 Å². The van der Waals surface area contributed by atoms with Gasteiger partial charge in [-0.25, -0.2) is 8.42 Å². The summed E-state index contributed by atoms with van der Waals surface area (Å²) in [7, 11) is -3.41. The molecule has 2 aromatic rings. The van der Waals surface area contributed by atoms with Crippen LogP contribution in [0.5, 0.6) is 0 Å². The van der Waals surface area contributed by atoms with Crippen molar-refractivity contribution in [3.05, 3.63) is 63.0 Å². The second-order valence-corrected chi connectivity index (χ2v) is 7.63. The van der Waals surface area contributed by atoms with E-state index in [0.717, 1.165) is 5.41 Å². The Labute approximate surface area is 143 Å². The van der Waals surface area contributed by atoms with Crippen molar-refractivity contribution in [1.82, 2.24) is 0 Å². The molecule has 1 N–H and O–H groups in total. The minimum absolute atomic E-state index is 0.0431. The number of hydrogen-bond acceptors (Lipinski definition) is 3.